The molecular formula is C33H40F3NO4. The van der Waals surface area contributed by atoms with Crippen LogP contribution in [0.2, 0.25) is 0 Å². The molecule has 0 saturated carbocycles. The third-order valence-electron chi connectivity index (χ3n) is 6.58. The Balaban J connectivity index is 1.93. The van der Waals surface area contributed by atoms with Crippen molar-refractivity contribution in [3.05, 3.63) is 77.9 Å². The van der Waals surface area contributed by atoms with Crippen LogP contribution in [0.5, 0.6) is 11.5 Å². The zero-order valence-electron chi connectivity index (χ0n) is 24.5. The van der Waals surface area contributed by atoms with Gasteiger partial charge >= 0.3 is 12.3 Å². The topological polar surface area (TPSA) is 48.0 Å². The van der Waals surface area contributed by atoms with Gasteiger partial charge in [-0.1, -0.05) is 76.9 Å². The molecule has 5 nitrogen and oxygen atoms in total. The van der Waals surface area contributed by atoms with Crippen molar-refractivity contribution in [3.63, 3.8) is 0 Å². The van der Waals surface area contributed by atoms with Gasteiger partial charge in [0.25, 0.3) is 0 Å². The van der Waals surface area contributed by atoms with E-state index in [4.69, 9.17) is 9.47 Å². The van der Waals surface area contributed by atoms with E-state index in [9.17, 15) is 18.0 Å². The summed E-state index contributed by atoms with van der Waals surface area (Å²) in [5.74, 6) is 0.0611. The van der Waals surface area contributed by atoms with Gasteiger partial charge in [0.1, 0.15) is 18.0 Å². The standard InChI is InChI=1S/C33H40F3NO4/c1-6-8-9-20-40-30-21-25(24-12-18-29(19-13-24)41-33(34,35)36)10-11-26(30)22-37(23-31(38)39-7-2)28-16-14-27(15-17-28)32(3,4)5/h10-19,21H,6-9,20,22-23H2,1-5H3. The summed E-state index contributed by atoms with van der Waals surface area (Å²) in [7, 11) is 0. The van der Waals surface area contributed by atoms with Crippen molar-refractivity contribution in [1.82, 2.24) is 0 Å². The quantitative estimate of drug-likeness (QED) is 0.152. The Kier molecular flexibility index (Phi) is 11.1. The number of hydrogen-bond acceptors (Lipinski definition) is 5. The van der Waals surface area contributed by atoms with Gasteiger partial charge in [-0.2, -0.15) is 0 Å². The molecule has 0 spiro atoms. The van der Waals surface area contributed by atoms with Crippen molar-refractivity contribution in [2.24, 2.45) is 0 Å². The summed E-state index contributed by atoms with van der Waals surface area (Å²) in [6, 6.07) is 19.7. The second-order valence-corrected chi connectivity index (χ2v) is 10.9. The lowest BCUT2D eigenvalue weighted by atomic mass is 9.87. The van der Waals surface area contributed by atoms with Crippen LogP contribution in [0.4, 0.5) is 18.9 Å². The molecule has 41 heavy (non-hydrogen) atoms. The minimum Gasteiger partial charge on any atom is -0.493 e. The maximum Gasteiger partial charge on any atom is 0.573 e. The molecule has 0 aliphatic carbocycles. The van der Waals surface area contributed by atoms with Gasteiger partial charge < -0.3 is 19.1 Å². The minimum atomic E-state index is -4.74. The van der Waals surface area contributed by atoms with Gasteiger partial charge in [0, 0.05) is 17.8 Å². The number of nitrogens with zero attached hydrogens (tertiary/aromatic N) is 1. The lowest BCUT2D eigenvalue weighted by Crippen LogP contribution is -2.31. The van der Waals surface area contributed by atoms with E-state index >= 15 is 0 Å². The Bertz CT molecular complexity index is 1250. The molecule has 0 aliphatic heterocycles. The number of hydrogen-bond donors (Lipinski definition) is 0. The van der Waals surface area contributed by atoms with Crippen molar-refractivity contribution in [1.29, 1.82) is 0 Å². The van der Waals surface area contributed by atoms with Gasteiger partial charge in [0.05, 0.1) is 13.2 Å². The van der Waals surface area contributed by atoms with E-state index in [0.717, 1.165) is 41.6 Å². The fourth-order valence-electron chi connectivity index (χ4n) is 4.36. The Morgan fingerprint density at radius 2 is 1.51 bits per heavy atom. The number of esters is 1. The van der Waals surface area contributed by atoms with Crippen molar-refractivity contribution >= 4 is 11.7 Å². The first-order valence-electron chi connectivity index (χ1n) is 14.0. The molecule has 3 aromatic rings. The van der Waals surface area contributed by atoms with E-state index in [0.29, 0.717) is 25.5 Å². The molecule has 0 aromatic heterocycles. The summed E-state index contributed by atoms with van der Waals surface area (Å²) < 4.78 is 53.2. The van der Waals surface area contributed by atoms with Crippen LogP contribution in [0.1, 0.15) is 65.0 Å². The van der Waals surface area contributed by atoms with E-state index in [2.05, 4.69) is 44.6 Å². The molecule has 222 valence electrons. The molecule has 0 unspecified atom stereocenters. The fourth-order valence-corrected chi connectivity index (χ4v) is 4.36. The van der Waals surface area contributed by atoms with Gasteiger partial charge in [-0.3, -0.25) is 4.79 Å². The maximum absolute atomic E-state index is 12.6. The number of rotatable bonds is 13. The molecule has 0 heterocycles. The summed E-state index contributed by atoms with van der Waals surface area (Å²) in [5, 5.41) is 0. The molecule has 0 bridgehead atoms. The Hall–Kier alpha value is -3.68. The fraction of sp³-hybridized carbons (Fsp3) is 0.424. The Morgan fingerprint density at radius 3 is 2.10 bits per heavy atom. The SMILES string of the molecule is CCCCCOc1cc(-c2ccc(OC(F)(F)F)cc2)ccc1CN(CC(=O)OCC)c1ccc(C(C)(C)C)cc1. The predicted octanol–water partition coefficient (Wildman–Crippen LogP) is 8.69. The Labute approximate surface area is 241 Å². The van der Waals surface area contributed by atoms with Crippen LogP contribution in [0.25, 0.3) is 11.1 Å². The molecular weight excluding hydrogens is 531 g/mol. The van der Waals surface area contributed by atoms with Crippen molar-refractivity contribution in [3.8, 4) is 22.6 Å². The van der Waals surface area contributed by atoms with Crippen LogP contribution >= 0.6 is 0 Å². The first-order chi connectivity index (χ1) is 19.4. The van der Waals surface area contributed by atoms with Gasteiger partial charge in [-0.15, -0.1) is 13.2 Å². The van der Waals surface area contributed by atoms with Crippen LogP contribution < -0.4 is 14.4 Å². The maximum atomic E-state index is 12.6. The molecule has 0 amide bonds. The van der Waals surface area contributed by atoms with Gasteiger partial charge in [0.2, 0.25) is 0 Å². The molecule has 0 atom stereocenters. The smallest absolute Gasteiger partial charge is 0.493 e. The second-order valence-electron chi connectivity index (χ2n) is 10.9. The van der Waals surface area contributed by atoms with Crippen molar-refractivity contribution in [2.45, 2.75) is 72.2 Å². The van der Waals surface area contributed by atoms with Crippen LogP contribution in [0, 0.1) is 0 Å². The summed E-state index contributed by atoms with van der Waals surface area (Å²) in [6.07, 6.45) is -1.76. The molecule has 0 saturated heterocycles. The summed E-state index contributed by atoms with van der Waals surface area (Å²) in [5.41, 5.74) is 4.47. The lowest BCUT2D eigenvalue weighted by molar-refractivity contribution is -0.274. The number of alkyl halides is 3. The molecule has 0 fully saturated rings. The highest BCUT2D eigenvalue weighted by Crippen LogP contribution is 2.32. The third kappa shape index (κ3) is 10.0. The third-order valence-corrected chi connectivity index (χ3v) is 6.58. The van der Waals surface area contributed by atoms with Crippen molar-refractivity contribution < 1.29 is 32.2 Å². The first-order valence-corrected chi connectivity index (χ1v) is 14.0. The van der Waals surface area contributed by atoms with E-state index in [-0.39, 0.29) is 23.7 Å². The average Bonchev–Trinajstić information content (AvgIpc) is 2.91. The predicted molar refractivity (Wildman–Crippen MR) is 156 cm³/mol. The monoisotopic (exact) mass is 571 g/mol. The van der Waals surface area contributed by atoms with Crippen LogP contribution in [-0.2, 0) is 21.5 Å². The van der Waals surface area contributed by atoms with Gasteiger partial charge in [-0.25, -0.2) is 0 Å². The highest BCUT2D eigenvalue weighted by Gasteiger charge is 2.31. The highest BCUT2D eigenvalue weighted by atomic mass is 19.4. The summed E-state index contributed by atoms with van der Waals surface area (Å²) in [6.45, 7) is 11.6. The first kappa shape index (κ1) is 31.8. The zero-order valence-corrected chi connectivity index (χ0v) is 24.5. The molecule has 8 heteroatoms. The van der Waals surface area contributed by atoms with Crippen LogP contribution in [0.15, 0.2) is 66.7 Å². The molecule has 3 aromatic carbocycles. The second kappa shape index (κ2) is 14.3. The van der Waals surface area contributed by atoms with Gasteiger partial charge in [-0.05, 0) is 65.8 Å². The highest BCUT2D eigenvalue weighted by molar-refractivity contribution is 5.76. The molecule has 0 radical (unpaired) electrons. The molecule has 0 aliphatic rings. The van der Waals surface area contributed by atoms with Gasteiger partial charge in [0.15, 0.2) is 0 Å². The number of unbranched alkanes of at least 4 members (excludes halogenated alkanes) is 2. The number of halogens is 3. The zero-order chi connectivity index (χ0) is 30.0. The lowest BCUT2D eigenvalue weighted by Gasteiger charge is -2.27. The van der Waals surface area contributed by atoms with E-state index in [1.165, 1.54) is 17.7 Å². The molecule has 0 N–H and O–H groups in total. The van der Waals surface area contributed by atoms with Crippen molar-refractivity contribution in [2.75, 3.05) is 24.7 Å². The number of carbonyl (C=O) groups is 1. The normalized spacial score (nSPS) is 11.7. The molecule has 3 rings (SSSR count). The van der Waals surface area contributed by atoms with E-state index < -0.39 is 6.36 Å². The Morgan fingerprint density at radius 1 is 0.854 bits per heavy atom. The van der Waals surface area contributed by atoms with Crippen LogP contribution in [0.3, 0.4) is 0 Å². The average molecular weight is 572 g/mol. The largest absolute Gasteiger partial charge is 0.573 e. The van der Waals surface area contributed by atoms with E-state index in [1.54, 1.807) is 19.1 Å². The summed E-state index contributed by atoms with van der Waals surface area (Å²) in [4.78, 5) is 14.5. The number of ether oxygens (including phenoxy) is 3. The minimum absolute atomic E-state index is 0.00307. The number of anilines is 1. The van der Waals surface area contributed by atoms with Crippen LogP contribution in [-0.4, -0.2) is 32.1 Å². The summed E-state index contributed by atoms with van der Waals surface area (Å²) >= 11 is 0. The number of benzene rings is 3. The van der Waals surface area contributed by atoms with E-state index in [1.807, 2.05) is 35.2 Å². The number of carbonyl (C=O) groups excluding carboxylic acids is 1.